The van der Waals surface area contributed by atoms with Crippen molar-refractivity contribution in [1.82, 2.24) is 0 Å². The number of methoxy groups -OCH3 is 2. The summed E-state index contributed by atoms with van der Waals surface area (Å²) in [6.07, 6.45) is 3.56. The zero-order chi connectivity index (χ0) is 16.9. The molecule has 0 heterocycles. The lowest BCUT2D eigenvalue weighted by Gasteiger charge is -2.33. The maximum absolute atomic E-state index is 12.2. The summed E-state index contributed by atoms with van der Waals surface area (Å²) in [5.74, 6) is -1.40. The van der Waals surface area contributed by atoms with Crippen LogP contribution < -0.4 is 0 Å². The Morgan fingerprint density at radius 2 is 1.64 bits per heavy atom. The van der Waals surface area contributed by atoms with Crippen LogP contribution >= 0.6 is 0 Å². The van der Waals surface area contributed by atoms with Gasteiger partial charge in [0.25, 0.3) is 0 Å². The van der Waals surface area contributed by atoms with E-state index in [0.717, 1.165) is 11.1 Å². The minimum absolute atomic E-state index is 0.0492. The van der Waals surface area contributed by atoms with Crippen LogP contribution in [0.5, 0.6) is 0 Å². The molecule has 0 saturated heterocycles. The van der Waals surface area contributed by atoms with Gasteiger partial charge in [0.05, 0.1) is 14.2 Å². The molecule has 0 atom stereocenters. The Kier molecular flexibility index (Phi) is 6.09. The van der Waals surface area contributed by atoms with Crippen molar-refractivity contribution in [2.75, 3.05) is 14.2 Å². The van der Waals surface area contributed by atoms with Crippen molar-refractivity contribution in [1.29, 1.82) is 0 Å². The van der Waals surface area contributed by atoms with Crippen LogP contribution in [0.1, 0.15) is 46.5 Å². The van der Waals surface area contributed by atoms with Gasteiger partial charge in [0.2, 0.25) is 0 Å². The second kappa shape index (κ2) is 7.38. The molecule has 122 valence electrons. The van der Waals surface area contributed by atoms with Gasteiger partial charge in [-0.3, -0.25) is 14.4 Å². The summed E-state index contributed by atoms with van der Waals surface area (Å²) < 4.78 is 9.58. The van der Waals surface area contributed by atoms with Crippen LogP contribution in [0, 0.1) is 5.41 Å². The van der Waals surface area contributed by atoms with E-state index in [1.807, 2.05) is 19.9 Å². The highest BCUT2D eigenvalue weighted by atomic mass is 16.5. The highest BCUT2D eigenvalue weighted by Gasteiger charge is 2.51. The van der Waals surface area contributed by atoms with Crippen LogP contribution in [-0.2, 0) is 23.9 Å². The summed E-state index contributed by atoms with van der Waals surface area (Å²) in [4.78, 5) is 36.3. The molecular weight excluding hydrogens is 284 g/mol. The maximum Gasteiger partial charge on any atom is 0.323 e. The van der Waals surface area contributed by atoms with Gasteiger partial charge in [-0.05, 0) is 45.6 Å². The molecule has 0 fully saturated rings. The minimum atomic E-state index is -1.40. The average Bonchev–Trinajstić information content (AvgIpc) is 2.50. The van der Waals surface area contributed by atoms with E-state index in [0.29, 0.717) is 24.8 Å². The van der Waals surface area contributed by atoms with Crippen LogP contribution in [0.3, 0.4) is 0 Å². The van der Waals surface area contributed by atoms with Crippen LogP contribution in [0.15, 0.2) is 22.8 Å². The van der Waals surface area contributed by atoms with Gasteiger partial charge < -0.3 is 9.47 Å². The molecule has 0 saturated carbocycles. The molecule has 0 radical (unpaired) electrons. The number of hydrogen-bond donors (Lipinski definition) is 0. The van der Waals surface area contributed by atoms with Crippen LogP contribution in [0.2, 0.25) is 0 Å². The summed E-state index contributed by atoms with van der Waals surface area (Å²) in [6, 6.07) is 0. The normalized spacial score (nSPS) is 16.8. The number of ether oxygens (including phenoxy) is 2. The average molecular weight is 308 g/mol. The molecule has 0 amide bonds. The lowest BCUT2D eigenvalue weighted by Crippen LogP contribution is -2.44. The van der Waals surface area contributed by atoms with E-state index < -0.39 is 17.4 Å². The molecule has 5 nitrogen and oxygen atoms in total. The van der Waals surface area contributed by atoms with Crippen molar-refractivity contribution >= 4 is 17.7 Å². The molecule has 1 aliphatic carbocycles. The number of allylic oxidation sites excluding steroid dienone is 4. The summed E-state index contributed by atoms with van der Waals surface area (Å²) in [7, 11) is 2.48. The first-order valence-electron chi connectivity index (χ1n) is 7.30. The SMILES string of the molecule is COC(=O)C1(C(=O)OC)CCC(CC=C(C)C)=C(C(C)=O)C1. The summed E-state index contributed by atoms with van der Waals surface area (Å²) in [5, 5.41) is 0. The van der Waals surface area contributed by atoms with E-state index in [9.17, 15) is 14.4 Å². The third-order valence-electron chi connectivity index (χ3n) is 4.09. The van der Waals surface area contributed by atoms with E-state index in [-0.39, 0.29) is 12.2 Å². The Hall–Kier alpha value is -1.91. The standard InChI is InChI=1S/C17H24O5/c1-11(2)6-7-13-8-9-17(15(19)21-4,16(20)22-5)10-14(13)12(3)18/h6H,7-10H2,1-5H3. The highest BCUT2D eigenvalue weighted by Crippen LogP contribution is 2.43. The first-order valence-corrected chi connectivity index (χ1v) is 7.30. The smallest absolute Gasteiger partial charge is 0.323 e. The first kappa shape index (κ1) is 18.1. The number of carbonyl (C=O) groups is 3. The van der Waals surface area contributed by atoms with Gasteiger partial charge in [-0.2, -0.15) is 0 Å². The number of ketones is 1. The molecule has 0 N–H and O–H groups in total. The minimum Gasteiger partial charge on any atom is -0.468 e. The molecule has 22 heavy (non-hydrogen) atoms. The van der Waals surface area contributed by atoms with Crippen molar-refractivity contribution in [3.63, 3.8) is 0 Å². The van der Waals surface area contributed by atoms with Crippen molar-refractivity contribution in [3.05, 3.63) is 22.8 Å². The molecule has 0 aliphatic heterocycles. The summed E-state index contributed by atoms with van der Waals surface area (Å²) in [5.41, 5.74) is 1.28. The van der Waals surface area contributed by atoms with E-state index in [4.69, 9.17) is 9.47 Å². The maximum atomic E-state index is 12.2. The predicted molar refractivity (Wildman–Crippen MR) is 82.1 cm³/mol. The van der Waals surface area contributed by atoms with E-state index in [1.165, 1.54) is 21.1 Å². The number of esters is 2. The molecule has 0 bridgehead atoms. The fourth-order valence-electron chi connectivity index (χ4n) is 2.78. The number of Topliss-reactive ketones (excluding diaryl/α,β-unsaturated/α-hetero) is 1. The number of carbonyl (C=O) groups excluding carboxylic acids is 3. The van der Waals surface area contributed by atoms with Gasteiger partial charge in [-0.25, -0.2) is 0 Å². The van der Waals surface area contributed by atoms with Crippen LogP contribution in [-0.4, -0.2) is 31.9 Å². The Bertz CT molecular complexity index is 519. The number of hydrogen-bond acceptors (Lipinski definition) is 5. The summed E-state index contributed by atoms with van der Waals surface area (Å²) >= 11 is 0. The Morgan fingerprint density at radius 3 is 2.05 bits per heavy atom. The van der Waals surface area contributed by atoms with Gasteiger partial charge in [-0.15, -0.1) is 0 Å². The van der Waals surface area contributed by atoms with Crippen molar-refractivity contribution < 1.29 is 23.9 Å². The molecule has 0 aromatic carbocycles. The highest BCUT2D eigenvalue weighted by molar-refractivity contribution is 6.04. The Morgan fingerprint density at radius 1 is 1.09 bits per heavy atom. The van der Waals surface area contributed by atoms with E-state index in [1.54, 1.807) is 0 Å². The first-order chi connectivity index (χ1) is 10.3. The quantitative estimate of drug-likeness (QED) is 0.444. The topological polar surface area (TPSA) is 69.7 Å². The molecule has 1 rings (SSSR count). The van der Waals surface area contributed by atoms with E-state index in [2.05, 4.69) is 0 Å². The van der Waals surface area contributed by atoms with Gasteiger partial charge in [-0.1, -0.05) is 17.2 Å². The molecular formula is C17H24O5. The lowest BCUT2D eigenvalue weighted by molar-refractivity contribution is -0.170. The van der Waals surface area contributed by atoms with Gasteiger partial charge in [0, 0.05) is 6.42 Å². The van der Waals surface area contributed by atoms with Crippen molar-refractivity contribution in [2.45, 2.75) is 46.5 Å². The number of rotatable bonds is 5. The molecule has 5 heteroatoms. The lowest BCUT2D eigenvalue weighted by atomic mass is 9.70. The van der Waals surface area contributed by atoms with Gasteiger partial charge >= 0.3 is 11.9 Å². The summed E-state index contributed by atoms with van der Waals surface area (Å²) in [6.45, 7) is 5.44. The zero-order valence-corrected chi connectivity index (χ0v) is 13.9. The molecule has 0 unspecified atom stereocenters. The Balaban J connectivity index is 3.26. The largest absolute Gasteiger partial charge is 0.468 e. The third-order valence-corrected chi connectivity index (χ3v) is 4.09. The fourth-order valence-corrected chi connectivity index (χ4v) is 2.78. The molecule has 0 aromatic heterocycles. The van der Waals surface area contributed by atoms with Crippen molar-refractivity contribution in [2.24, 2.45) is 5.41 Å². The second-order valence-corrected chi connectivity index (χ2v) is 5.87. The third kappa shape index (κ3) is 3.64. The van der Waals surface area contributed by atoms with Crippen LogP contribution in [0.4, 0.5) is 0 Å². The second-order valence-electron chi connectivity index (χ2n) is 5.87. The van der Waals surface area contributed by atoms with E-state index >= 15 is 0 Å². The monoisotopic (exact) mass is 308 g/mol. The van der Waals surface area contributed by atoms with Gasteiger partial charge in [0.15, 0.2) is 11.2 Å². The zero-order valence-electron chi connectivity index (χ0n) is 13.9. The molecule has 0 aromatic rings. The molecule has 0 spiro atoms. The van der Waals surface area contributed by atoms with Gasteiger partial charge in [0.1, 0.15) is 0 Å². The van der Waals surface area contributed by atoms with Crippen LogP contribution in [0.25, 0.3) is 0 Å². The Labute approximate surface area is 131 Å². The molecule has 1 aliphatic rings. The predicted octanol–water partition coefficient (Wildman–Crippen LogP) is 2.74. The fraction of sp³-hybridized carbons (Fsp3) is 0.588. The van der Waals surface area contributed by atoms with Crippen molar-refractivity contribution in [3.8, 4) is 0 Å².